The quantitative estimate of drug-likeness (QED) is 0.587. The molecule has 0 bridgehead atoms. The molecule has 1 aromatic rings. The number of aliphatic hydroxyl groups excluding tert-OH is 1. The van der Waals surface area contributed by atoms with Crippen molar-refractivity contribution in [1.82, 2.24) is 9.88 Å². The van der Waals surface area contributed by atoms with Gasteiger partial charge in [-0.2, -0.15) is 0 Å². The molecule has 2 fully saturated rings. The van der Waals surface area contributed by atoms with Crippen molar-refractivity contribution in [3.05, 3.63) is 10.6 Å². The zero-order chi connectivity index (χ0) is 25.7. The number of rotatable bonds is 4. The number of likely N-dealkylation sites (N-methyl/N-ethyl adjacent to an activating group) is 1. The molecule has 4 rings (SSSR count). The van der Waals surface area contributed by atoms with Crippen LogP contribution in [-0.2, 0) is 16.0 Å². The molecule has 1 saturated carbocycles. The Morgan fingerprint density at radius 2 is 1.97 bits per heavy atom. The van der Waals surface area contributed by atoms with Crippen molar-refractivity contribution in [2.75, 3.05) is 38.5 Å². The Bertz CT molecular complexity index is 949. The minimum absolute atomic E-state index is 0.00202. The van der Waals surface area contributed by atoms with Crippen molar-refractivity contribution in [3.8, 4) is 0 Å². The van der Waals surface area contributed by atoms with Gasteiger partial charge in [-0.1, -0.05) is 41.5 Å². The van der Waals surface area contributed by atoms with E-state index in [-0.39, 0.29) is 46.3 Å². The van der Waals surface area contributed by atoms with Crippen molar-refractivity contribution in [1.29, 1.82) is 0 Å². The Morgan fingerprint density at radius 3 is 2.60 bits per heavy atom. The molecule has 6 atom stereocenters. The molecule has 0 radical (unpaired) electrons. The lowest BCUT2D eigenvalue weighted by molar-refractivity contribution is -0.883. The molecule has 2 heterocycles. The summed E-state index contributed by atoms with van der Waals surface area (Å²) in [5, 5.41) is 15.4. The number of anilines is 1. The zero-order valence-electron chi connectivity index (χ0n) is 22.6. The standard InChI is InChI=1S/C27H44N4O3S/c1-16(24(34)31-12-10-30(7)11-13-31)18-8-9-27(6)14-19-22(17(2)21(27)23(18)33)29-25(35-19)28-20(32)15-26(3,4)5/h16-18,21,23,33H,8-15H2,1-7H3,(H,28,29,32)/p+1/t16-,17-,18-,21+,23-,27+/m0/s1. The monoisotopic (exact) mass is 505 g/mol. The summed E-state index contributed by atoms with van der Waals surface area (Å²) in [6.45, 7) is 16.3. The van der Waals surface area contributed by atoms with Gasteiger partial charge in [0.2, 0.25) is 11.8 Å². The van der Waals surface area contributed by atoms with E-state index < -0.39 is 6.10 Å². The molecule has 2 amide bonds. The van der Waals surface area contributed by atoms with Crippen molar-refractivity contribution in [2.24, 2.45) is 28.6 Å². The van der Waals surface area contributed by atoms with Gasteiger partial charge in [-0.25, -0.2) is 4.98 Å². The van der Waals surface area contributed by atoms with Gasteiger partial charge in [-0.15, -0.1) is 11.3 Å². The van der Waals surface area contributed by atoms with Crippen molar-refractivity contribution in [3.63, 3.8) is 0 Å². The minimum Gasteiger partial charge on any atom is -0.392 e. The summed E-state index contributed by atoms with van der Waals surface area (Å²) >= 11 is 1.59. The van der Waals surface area contributed by atoms with Gasteiger partial charge in [0.15, 0.2) is 5.13 Å². The first kappa shape index (κ1) is 26.6. The van der Waals surface area contributed by atoms with Crippen molar-refractivity contribution >= 4 is 28.3 Å². The summed E-state index contributed by atoms with van der Waals surface area (Å²) in [6, 6.07) is 0. The maximum absolute atomic E-state index is 13.3. The largest absolute Gasteiger partial charge is 0.392 e. The summed E-state index contributed by atoms with van der Waals surface area (Å²) in [4.78, 5) is 35.4. The number of quaternary nitrogens is 1. The molecule has 0 aromatic carbocycles. The predicted octanol–water partition coefficient (Wildman–Crippen LogP) is 2.56. The van der Waals surface area contributed by atoms with Gasteiger partial charge < -0.3 is 20.2 Å². The normalized spacial score (nSPS) is 32.5. The lowest BCUT2D eigenvalue weighted by Crippen LogP contribution is -3.12. The summed E-state index contributed by atoms with van der Waals surface area (Å²) in [5.41, 5.74) is 0.917. The van der Waals surface area contributed by atoms with E-state index in [1.165, 1.54) is 9.78 Å². The zero-order valence-corrected chi connectivity index (χ0v) is 23.4. The molecule has 0 unspecified atom stereocenters. The molecule has 2 aliphatic carbocycles. The molecule has 3 N–H and O–H groups in total. The molecule has 0 spiro atoms. The van der Waals surface area contributed by atoms with Crippen LogP contribution in [0.3, 0.4) is 0 Å². The fourth-order valence-electron chi connectivity index (χ4n) is 6.83. The summed E-state index contributed by atoms with van der Waals surface area (Å²) < 4.78 is 0. The summed E-state index contributed by atoms with van der Waals surface area (Å²) in [6.07, 6.45) is 2.66. The van der Waals surface area contributed by atoms with Crippen LogP contribution in [0.15, 0.2) is 0 Å². The first-order valence-corrected chi connectivity index (χ1v) is 14.2. The molecular weight excluding hydrogens is 460 g/mol. The van der Waals surface area contributed by atoms with E-state index in [1.807, 2.05) is 11.8 Å². The fourth-order valence-corrected chi connectivity index (χ4v) is 8.11. The Balaban J connectivity index is 1.49. The average molecular weight is 506 g/mol. The number of nitrogens with zero attached hydrogens (tertiary/aromatic N) is 2. The van der Waals surface area contributed by atoms with E-state index in [2.05, 4.69) is 47.0 Å². The number of carbonyl (C=O) groups is 2. The lowest BCUT2D eigenvalue weighted by Gasteiger charge is -2.53. The summed E-state index contributed by atoms with van der Waals surface area (Å²) in [7, 11) is 2.18. The van der Waals surface area contributed by atoms with Gasteiger partial charge in [-0.3, -0.25) is 9.59 Å². The number of nitrogens with one attached hydrogen (secondary N) is 2. The van der Waals surface area contributed by atoms with Crippen LogP contribution in [-0.4, -0.2) is 66.1 Å². The third-order valence-corrected chi connectivity index (χ3v) is 9.81. The van der Waals surface area contributed by atoms with Gasteiger partial charge in [0, 0.05) is 23.1 Å². The second-order valence-electron chi connectivity index (χ2n) is 13.0. The highest BCUT2D eigenvalue weighted by molar-refractivity contribution is 7.15. The van der Waals surface area contributed by atoms with Crippen LogP contribution in [0.25, 0.3) is 0 Å². The van der Waals surface area contributed by atoms with E-state index in [1.54, 1.807) is 11.3 Å². The number of piperazine rings is 1. The molecule has 1 aliphatic heterocycles. The smallest absolute Gasteiger partial charge is 0.226 e. The number of aliphatic hydroxyl groups is 1. The fraction of sp³-hybridized carbons (Fsp3) is 0.815. The van der Waals surface area contributed by atoms with Crippen LogP contribution in [0.1, 0.15) is 77.3 Å². The number of hydrogen-bond donors (Lipinski definition) is 3. The number of carbonyl (C=O) groups excluding carboxylic acids is 2. The molecule has 3 aliphatic rings. The number of amides is 2. The van der Waals surface area contributed by atoms with E-state index in [0.29, 0.717) is 11.6 Å². The maximum atomic E-state index is 13.3. The molecule has 196 valence electrons. The van der Waals surface area contributed by atoms with Crippen LogP contribution in [0, 0.1) is 28.6 Å². The van der Waals surface area contributed by atoms with E-state index in [4.69, 9.17) is 4.98 Å². The van der Waals surface area contributed by atoms with Crippen LogP contribution in [0.5, 0.6) is 0 Å². The predicted molar refractivity (Wildman–Crippen MR) is 140 cm³/mol. The SMILES string of the molecule is C[C@H](C(=O)N1CC[NH+](C)CC1)[C@@H]1CC[C@]2(C)Cc3sc(NC(=O)CC(C)(C)C)nc3[C@@H](C)[C@@H]2[C@H]1O. The van der Waals surface area contributed by atoms with Crippen LogP contribution < -0.4 is 10.2 Å². The Kier molecular flexibility index (Phi) is 7.39. The number of thiazole rings is 1. The van der Waals surface area contributed by atoms with Crippen LogP contribution in [0.2, 0.25) is 0 Å². The van der Waals surface area contributed by atoms with Gasteiger partial charge in [0.05, 0.1) is 45.0 Å². The topological polar surface area (TPSA) is 87.0 Å². The highest BCUT2D eigenvalue weighted by Gasteiger charge is 2.54. The van der Waals surface area contributed by atoms with Gasteiger partial charge in [0.1, 0.15) is 0 Å². The third kappa shape index (κ3) is 5.44. The molecular formula is C27H45N4O3S+. The third-order valence-electron chi connectivity index (χ3n) is 8.82. The highest BCUT2D eigenvalue weighted by atomic mass is 32.1. The highest BCUT2D eigenvalue weighted by Crippen LogP contribution is 2.57. The second-order valence-corrected chi connectivity index (χ2v) is 14.1. The Hall–Kier alpha value is -1.51. The van der Waals surface area contributed by atoms with Crippen molar-refractivity contribution < 1.29 is 19.6 Å². The molecule has 1 saturated heterocycles. The maximum Gasteiger partial charge on any atom is 0.226 e. The first-order valence-electron chi connectivity index (χ1n) is 13.4. The number of hydrogen-bond acceptors (Lipinski definition) is 5. The first-order chi connectivity index (χ1) is 16.3. The summed E-state index contributed by atoms with van der Waals surface area (Å²) in [5.74, 6) is 0.136. The second kappa shape index (κ2) is 9.75. The lowest BCUT2D eigenvalue weighted by atomic mass is 9.53. The van der Waals surface area contributed by atoms with Gasteiger partial charge in [0.25, 0.3) is 0 Å². The van der Waals surface area contributed by atoms with Gasteiger partial charge in [-0.05, 0) is 41.9 Å². The van der Waals surface area contributed by atoms with Crippen molar-refractivity contribution in [2.45, 2.75) is 79.2 Å². The van der Waals surface area contributed by atoms with Crippen LogP contribution >= 0.6 is 11.3 Å². The van der Waals surface area contributed by atoms with E-state index >= 15 is 0 Å². The molecule has 35 heavy (non-hydrogen) atoms. The van der Waals surface area contributed by atoms with Gasteiger partial charge >= 0.3 is 0 Å². The van der Waals surface area contributed by atoms with Crippen LogP contribution in [0.4, 0.5) is 5.13 Å². The van der Waals surface area contributed by atoms with E-state index in [0.717, 1.165) is 51.1 Å². The Morgan fingerprint density at radius 1 is 1.31 bits per heavy atom. The Labute approximate surface area is 214 Å². The minimum atomic E-state index is -0.533. The van der Waals surface area contributed by atoms with E-state index in [9.17, 15) is 14.7 Å². The molecule has 1 aromatic heterocycles. The average Bonchev–Trinajstić information content (AvgIpc) is 3.13. The molecule has 8 heteroatoms. The number of aromatic nitrogens is 1. The number of fused-ring (bicyclic) bond motifs is 2. The molecule has 7 nitrogen and oxygen atoms in total.